The topological polar surface area (TPSA) is 37.4 Å². The Morgan fingerprint density at radius 3 is 2.60 bits per heavy atom. The first-order chi connectivity index (χ1) is 9.74. The highest BCUT2D eigenvalue weighted by molar-refractivity contribution is 5.51. The Kier molecular flexibility index (Phi) is 4.96. The van der Waals surface area contributed by atoms with E-state index in [0.717, 1.165) is 24.5 Å². The molecule has 0 saturated heterocycles. The van der Waals surface area contributed by atoms with Gasteiger partial charge in [0.1, 0.15) is 5.75 Å². The van der Waals surface area contributed by atoms with Crippen LogP contribution >= 0.6 is 0 Å². The minimum absolute atomic E-state index is 0.838. The number of pyridine rings is 1. The van der Waals surface area contributed by atoms with Crippen molar-refractivity contribution in [1.82, 2.24) is 10.3 Å². The van der Waals surface area contributed by atoms with E-state index in [1.165, 1.54) is 11.1 Å². The molecule has 1 aromatic carbocycles. The molecule has 0 spiro atoms. The molecule has 1 aromatic heterocycles. The van der Waals surface area contributed by atoms with Gasteiger partial charge in [-0.1, -0.05) is 12.1 Å². The number of nitrogens with zero attached hydrogens (tertiary/aromatic N) is 2. The van der Waals surface area contributed by atoms with E-state index in [1.807, 2.05) is 31.6 Å². The van der Waals surface area contributed by atoms with E-state index in [0.29, 0.717) is 0 Å². The smallest absolute Gasteiger partial charge is 0.118 e. The minimum atomic E-state index is 0.838. The standard InChI is InChI=1S/C16H21N3O/c1-17-10-14-8-9-18-11-16(14)19(2)12-13-4-6-15(20-3)7-5-13/h4-9,11,17H,10,12H2,1-3H3. The third-order valence-corrected chi connectivity index (χ3v) is 3.24. The highest BCUT2D eigenvalue weighted by atomic mass is 16.5. The Bertz CT molecular complexity index is 540. The van der Waals surface area contributed by atoms with E-state index >= 15 is 0 Å². The molecule has 106 valence electrons. The molecule has 0 bridgehead atoms. The van der Waals surface area contributed by atoms with E-state index in [9.17, 15) is 0 Å². The van der Waals surface area contributed by atoms with Crippen LogP contribution in [0, 0.1) is 0 Å². The van der Waals surface area contributed by atoms with Crippen LogP contribution in [0.5, 0.6) is 5.75 Å². The van der Waals surface area contributed by atoms with Gasteiger partial charge in [0.25, 0.3) is 0 Å². The summed E-state index contributed by atoms with van der Waals surface area (Å²) in [5, 5.41) is 3.19. The maximum atomic E-state index is 5.18. The first-order valence-corrected chi connectivity index (χ1v) is 6.66. The second kappa shape index (κ2) is 6.91. The van der Waals surface area contributed by atoms with Crippen molar-refractivity contribution in [3.63, 3.8) is 0 Å². The number of hydrogen-bond donors (Lipinski definition) is 1. The lowest BCUT2D eigenvalue weighted by Crippen LogP contribution is -2.19. The number of aromatic nitrogens is 1. The van der Waals surface area contributed by atoms with Gasteiger partial charge in [-0.15, -0.1) is 0 Å². The first kappa shape index (κ1) is 14.3. The molecule has 1 heterocycles. The summed E-state index contributed by atoms with van der Waals surface area (Å²) in [6, 6.07) is 10.2. The van der Waals surface area contributed by atoms with Crippen molar-refractivity contribution in [3.8, 4) is 5.75 Å². The van der Waals surface area contributed by atoms with Gasteiger partial charge in [0.05, 0.1) is 19.0 Å². The molecule has 0 radical (unpaired) electrons. The summed E-state index contributed by atoms with van der Waals surface area (Å²) in [6.07, 6.45) is 3.74. The van der Waals surface area contributed by atoms with Gasteiger partial charge < -0.3 is 15.0 Å². The van der Waals surface area contributed by atoms with Crippen molar-refractivity contribution in [2.24, 2.45) is 0 Å². The molecule has 1 N–H and O–H groups in total. The van der Waals surface area contributed by atoms with Crippen LogP contribution in [0.1, 0.15) is 11.1 Å². The summed E-state index contributed by atoms with van der Waals surface area (Å²) in [5.41, 5.74) is 3.64. The molecule has 0 aliphatic carbocycles. The summed E-state index contributed by atoms with van der Waals surface area (Å²) < 4.78 is 5.18. The quantitative estimate of drug-likeness (QED) is 0.875. The summed E-state index contributed by atoms with van der Waals surface area (Å²) in [6.45, 7) is 1.68. The van der Waals surface area contributed by atoms with Gasteiger partial charge in [-0.25, -0.2) is 0 Å². The van der Waals surface area contributed by atoms with Crippen LogP contribution in [0.4, 0.5) is 5.69 Å². The Hall–Kier alpha value is -2.07. The van der Waals surface area contributed by atoms with Gasteiger partial charge >= 0.3 is 0 Å². The first-order valence-electron chi connectivity index (χ1n) is 6.66. The molecule has 2 rings (SSSR count). The Balaban J connectivity index is 2.12. The van der Waals surface area contributed by atoms with Crippen molar-refractivity contribution < 1.29 is 4.74 Å². The predicted molar refractivity (Wildman–Crippen MR) is 82.1 cm³/mol. The zero-order valence-corrected chi connectivity index (χ0v) is 12.3. The fourth-order valence-electron chi connectivity index (χ4n) is 2.19. The second-order valence-electron chi connectivity index (χ2n) is 4.74. The number of anilines is 1. The van der Waals surface area contributed by atoms with E-state index in [4.69, 9.17) is 4.74 Å². The Morgan fingerprint density at radius 2 is 1.95 bits per heavy atom. The summed E-state index contributed by atoms with van der Waals surface area (Å²) in [7, 11) is 5.72. The molecule has 0 aliphatic rings. The Labute approximate surface area is 120 Å². The monoisotopic (exact) mass is 271 g/mol. The fraction of sp³-hybridized carbons (Fsp3) is 0.312. The van der Waals surface area contributed by atoms with Crippen molar-refractivity contribution in [2.75, 3.05) is 26.1 Å². The van der Waals surface area contributed by atoms with Gasteiger partial charge in [-0.05, 0) is 36.4 Å². The number of hydrogen-bond acceptors (Lipinski definition) is 4. The zero-order chi connectivity index (χ0) is 14.4. The van der Waals surface area contributed by atoms with E-state index < -0.39 is 0 Å². The summed E-state index contributed by atoms with van der Waals surface area (Å²) >= 11 is 0. The third kappa shape index (κ3) is 3.48. The molecule has 4 nitrogen and oxygen atoms in total. The third-order valence-electron chi connectivity index (χ3n) is 3.24. The van der Waals surface area contributed by atoms with Gasteiger partial charge in [-0.3, -0.25) is 4.98 Å². The highest BCUT2D eigenvalue weighted by Gasteiger charge is 2.07. The van der Waals surface area contributed by atoms with Crippen molar-refractivity contribution in [2.45, 2.75) is 13.1 Å². The molecule has 4 heteroatoms. The van der Waals surface area contributed by atoms with E-state index in [1.54, 1.807) is 7.11 Å². The van der Waals surface area contributed by atoms with Crippen LogP contribution in [0.25, 0.3) is 0 Å². The number of methoxy groups -OCH3 is 1. The van der Waals surface area contributed by atoms with Crippen molar-refractivity contribution in [3.05, 3.63) is 53.9 Å². The maximum Gasteiger partial charge on any atom is 0.118 e. The average Bonchev–Trinajstić information content (AvgIpc) is 2.49. The number of ether oxygens (including phenoxy) is 1. The molecule has 0 atom stereocenters. The molecular weight excluding hydrogens is 250 g/mol. The molecule has 0 aliphatic heterocycles. The second-order valence-corrected chi connectivity index (χ2v) is 4.74. The number of nitrogens with one attached hydrogen (secondary N) is 1. The van der Waals surface area contributed by atoms with Crippen LogP contribution in [-0.4, -0.2) is 26.2 Å². The minimum Gasteiger partial charge on any atom is -0.497 e. The van der Waals surface area contributed by atoms with Gasteiger partial charge in [0, 0.05) is 26.3 Å². The molecule has 2 aromatic rings. The molecule has 0 fully saturated rings. The summed E-state index contributed by atoms with van der Waals surface area (Å²) in [4.78, 5) is 6.44. The maximum absolute atomic E-state index is 5.18. The van der Waals surface area contributed by atoms with E-state index in [2.05, 4.69) is 40.4 Å². The molecule has 20 heavy (non-hydrogen) atoms. The van der Waals surface area contributed by atoms with Crippen LogP contribution in [0.2, 0.25) is 0 Å². The fourth-order valence-corrected chi connectivity index (χ4v) is 2.19. The summed E-state index contributed by atoms with van der Waals surface area (Å²) in [5.74, 6) is 0.883. The highest BCUT2D eigenvalue weighted by Crippen LogP contribution is 2.20. The van der Waals surface area contributed by atoms with Gasteiger partial charge in [0.15, 0.2) is 0 Å². The zero-order valence-electron chi connectivity index (χ0n) is 12.3. The normalized spacial score (nSPS) is 10.3. The lowest BCUT2D eigenvalue weighted by molar-refractivity contribution is 0.414. The number of rotatable bonds is 6. The lowest BCUT2D eigenvalue weighted by Gasteiger charge is -2.22. The van der Waals surface area contributed by atoms with E-state index in [-0.39, 0.29) is 0 Å². The van der Waals surface area contributed by atoms with Gasteiger partial charge in [0.2, 0.25) is 0 Å². The number of benzene rings is 1. The van der Waals surface area contributed by atoms with Crippen LogP contribution in [-0.2, 0) is 13.1 Å². The lowest BCUT2D eigenvalue weighted by atomic mass is 10.1. The SMILES string of the molecule is CNCc1ccncc1N(C)Cc1ccc(OC)cc1. The van der Waals surface area contributed by atoms with Crippen LogP contribution in [0.15, 0.2) is 42.7 Å². The van der Waals surface area contributed by atoms with Crippen LogP contribution < -0.4 is 15.0 Å². The van der Waals surface area contributed by atoms with Crippen molar-refractivity contribution >= 4 is 5.69 Å². The predicted octanol–water partition coefficient (Wildman–Crippen LogP) is 2.45. The van der Waals surface area contributed by atoms with Crippen molar-refractivity contribution in [1.29, 1.82) is 0 Å². The molecular formula is C16H21N3O. The molecule has 0 saturated carbocycles. The van der Waals surface area contributed by atoms with Crippen LogP contribution in [0.3, 0.4) is 0 Å². The average molecular weight is 271 g/mol. The molecule has 0 amide bonds. The van der Waals surface area contributed by atoms with Gasteiger partial charge in [-0.2, -0.15) is 0 Å². The largest absolute Gasteiger partial charge is 0.497 e. The Morgan fingerprint density at radius 1 is 1.20 bits per heavy atom. The molecule has 0 unspecified atom stereocenters.